The van der Waals surface area contributed by atoms with Gasteiger partial charge in [-0.25, -0.2) is 9.59 Å². The van der Waals surface area contributed by atoms with Crippen LogP contribution in [0, 0.1) is 0 Å². The fourth-order valence-electron chi connectivity index (χ4n) is 2.87. The van der Waals surface area contributed by atoms with E-state index >= 15 is 0 Å². The highest BCUT2D eigenvalue weighted by molar-refractivity contribution is 7.99. The van der Waals surface area contributed by atoms with Crippen LogP contribution in [0.3, 0.4) is 0 Å². The van der Waals surface area contributed by atoms with E-state index in [1.807, 2.05) is 13.8 Å². The molecule has 6 nitrogen and oxygen atoms in total. The Labute approximate surface area is 210 Å². The van der Waals surface area contributed by atoms with E-state index in [4.69, 9.17) is 18.9 Å². The fourth-order valence-corrected chi connectivity index (χ4v) is 4.79. The van der Waals surface area contributed by atoms with Crippen LogP contribution in [-0.4, -0.2) is 62.1 Å². The fraction of sp³-hybridized carbons (Fsp3) is 0.385. The van der Waals surface area contributed by atoms with Gasteiger partial charge >= 0.3 is 11.9 Å². The van der Waals surface area contributed by atoms with Crippen molar-refractivity contribution < 1.29 is 28.5 Å². The van der Waals surface area contributed by atoms with Crippen molar-refractivity contribution in [3.63, 3.8) is 0 Å². The minimum Gasteiger partial charge on any atom is -0.460 e. The van der Waals surface area contributed by atoms with Gasteiger partial charge in [0.1, 0.15) is 13.2 Å². The average Bonchev–Trinajstić information content (AvgIpc) is 2.85. The van der Waals surface area contributed by atoms with Crippen LogP contribution in [0.25, 0.3) is 10.8 Å². The maximum absolute atomic E-state index is 11.0. The maximum Gasteiger partial charge on any atom is 0.330 e. The van der Waals surface area contributed by atoms with Crippen LogP contribution in [0.2, 0.25) is 0 Å². The Kier molecular flexibility index (Phi) is 12.8. The lowest BCUT2D eigenvalue weighted by molar-refractivity contribution is -0.140. The monoisotopic (exact) mass is 504 g/mol. The topological polar surface area (TPSA) is 71.1 Å². The Balaban J connectivity index is 1.79. The van der Waals surface area contributed by atoms with Crippen LogP contribution < -0.4 is 0 Å². The second kappa shape index (κ2) is 15.6. The summed E-state index contributed by atoms with van der Waals surface area (Å²) >= 11 is 3.48. The number of ether oxygens (including phenoxy) is 4. The molecule has 2 aromatic rings. The number of esters is 2. The van der Waals surface area contributed by atoms with Gasteiger partial charge in [-0.05, 0) is 42.8 Å². The molecule has 0 saturated carbocycles. The molecular formula is C26H32O6S2. The van der Waals surface area contributed by atoms with Crippen molar-refractivity contribution in [2.24, 2.45) is 0 Å². The molecule has 0 amide bonds. The molecule has 2 unspecified atom stereocenters. The van der Waals surface area contributed by atoms with Gasteiger partial charge in [-0.15, -0.1) is 23.5 Å². The van der Waals surface area contributed by atoms with E-state index in [1.54, 1.807) is 23.5 Å². The predicted octanol–water partition coefficient (Wildman–Crippen LogP) is 5.29. The van der Waals surface area contributed by atoms with Gasteiger partial charge in [0.15, 0.2) is 0 Å². The number of carbonyl (C=O) groups is 2. The molecule has 2 aromatic carbocycles. The minimum atomic E-state index is -0.438. The van der Waals surface area contributed by atoms with E-state index in [-0.39, 0.29) is 25.4 Å². The Morgan fingerprint density at radius 2 is 1.44 bits per heavy atom. The highest BCUT2D eigenvalue weighted by Crippen LogP contribution is 2.32. The lowest BCUT2D eigenvalue weighted by atomic mass is 10.1. The molecule has 0 fully saturated rings. The highest BCUT2D eigenvalue weighted by Gasteiger charge is 2.09. The van der Waals surface area contributed by atoms with Gasteiger partial charge in [0.05, 0.1) is 25.4 Å². The predicted molar refractivity (Wildman–Crippen MR) is 139 cm³/mol. The van der Waals surface area contributed by atoms with Gasteiger partial charge < -0.3 is 18.9 Å². The van der Waals surface area contributed by atoms with Gasteiger partial charge in [-0.3, -0.25) is 0 Å². The van der Waals surface area contributed by atoms with Crippen molar-refractivity contribution in [2.45, 2.75) is 35.8 Å². The second-order valence-electron chi connectivity index (χ2n) is 7.37. The first-order valence-corrected chi connectivity index (χ1v) is 13.0. The van der Waals surface area contributed by atoms with E-state index in [0.717, 1.165) is 23.7 Å². The molecule has 8 heteroatoms. The molecule has 184 valence electrons. The van der Waals surface area contributed by atoms with Crippen LogP contribution in [-0.2, 0) is 28.5 Å². The SMILES string of the molecule is C=CC(=O)OCCOC(C)CSc1ccc2c(SCC(C)OCCOC(=O)C=C)cccc2c1. The first-order valence-electron chi connectivity index (χ1n) is 11.0. The van der Waals surface area contributed by atoms with Crippen molar-refractivity contribution >= 4 is 46.2 Å². The van der Waals surface area contributed by atoms with Crippen LogP contribution >= 0.6 is 23.5 Å². The summed E-state index contributed by atoms with van der Waals surface area (Å²) in [5, 5.41) is 2.39. The zero-order chi connectivity index (χ0) is 24.8. The molecule has 0 aliphatic carbocycles. The van der Waals surface area contributed by atoms with Gasteiger partial charge in [-0.2, -0.15) is 0 Å². The summed E-state index contributed by atoms with van der Waals surface area (Å²) in [7, 11) is 0. The van der Waals surface area contributed by atoms with Crippen molar-refractivity contribution in [3.05, 3.63) is 61.7 Å². The normalized spacial score (nSPS) is 12.6. The Hall–Kier alpha value is -2.26. The average molecular weight is 505 g/mol. The third-order valence-electron chi connectivity index (χ3n) is 4.56. The lowest BCUT2D eigenvalue weighted by Crippen LogP contribution is -2.16. The molecule has 0 aliphatic heterocycles. The first-order chi connectivity index (χ1) is 16.4. The van der Waals surface area contributed by atoms with Crippen LogP contribution in [0.4, 0.5) is 0 Å². The molecule has 0 N–H and O–H groups in total. The molecule has 34 heavy (non-hydrogen) atoms. The molecule has 2 atom stereocenters. The first kappa shape index (κ1) is 28.0. The van der Waals surface area contributed by atoms with E-state index in [1.165, 1.54) is 20.6 Å². The lowest BCUT2D eigenvalue weighted by Gasteiger charge is -2.14. The number of fused-ring (bicyclic) bond motifs is 1. The van der Waals surface area contributed by atoms with Gasteiger partial charge in [-0.1, -0.05) is 31.4 Å². The highest BCUT2D eigenvalue weighted by atomic mass is 32.2. The summed E-state index contributed by atoms with van der Waals surface area (Å²) in [6.07, 6.45) is 2.35. The smallest absolute Gasteiger partial charge is 0.330 e. The molecule has 0 spiro atoms. The Bertz CT molecular complexity index is 961. The zero-order valence-corrected chi connectivity index (χ0v) is 21.3. The molecular weight excluding hydrogens is 472 g/mol. The van der Waals surface area contributed by atoms with Crippen LogP contribution in [0.1, 0.15) is 13.8 Å². The summed E-state index contributed by atoms with van der Waals surface area (Å²) in [5.74, 6) is 0.717. The summed E-state index contributed by atoms with van der Waals surface area (Å²) in [4.78, 5) is 24.5. The number of hydrogen-bond acceptors (Lipinski definition) is 8. The zero-order valence-electron chi connectivity index (χ0n) is 19.7. The molecule has 0 radical (unpaired) electrons. The molecule has 0 heterocycles. The van der Waals surface area contributed by atoms with Crippen LogP contribution in [0.5, 0.6) is 0 Å². The van der Waals surface area contributed by atoms with Gasteiger partial charge in [0.25, 0.3) is 0 Å². The third kappa shape index (κ3) is 10.3. The van der Waals surface area contributed by atoms with E-state index < -0.39 is 11.9 Å². The Morgan fingerprint density at radius 3 is 2.03 bits per heavy atom. The summed E-state index contributed by atoms with van der Waals surface area (Å²) in [6.45, 7) is 11.9. The van der Waals surface area contributed by atoms with Crippen molar-refractivity contribution in [3.8, 4) is 0 Å². The number of carbonyl (C=O) groups excluding carboxylic acids is 2. The molecule has 0 aromatic heterocycles. The molecule has 2 rings (SSSR count). The standard InChI is InChI=1S/C26H32O6S2/c1-5-25(27)31-14-12-29-19(3)17-33-22-10-11-23-21(16-22)8-7-9-24(23)34-18-20(4)30-13-15-32-26(28)6-2/h5-11,16,19-20H,1-2,12-15,17-18H2,3-4H3. The Morgan fingerprint density at radius 1 is 0.853 bits per heavy atom. The maximum atomic E-state index is 11.0. The quantitative estimate of drug-likeness (QED) is 0.132. The third-order valence-corrected chi connectivity index (χ3v) is 7.09. The van der Waals surface area contributed by atoms with E-state index in [9.17, 15) is 9.59 Å². The molecule has 0 saturated heterocycles. The number of hydrogen-bond donors (Lipinski definition) is 0. The number of benzene rings is 2. The number of rotatable bonds is 16. The van der Waals surface area contributed by atoms with E-state index in [0.29, 0.717) is 13.2 Å². The van der Waals surface area contributed by atoms with Crippen molar-refractivity contribution in [1.29, 1.82) is 0 Å². The van der Waals surface area contributed by atoms with Gasteiger partial charge in [0, 0.05) is 33.4 Å². The summed E-state index contributed by atoms with van der Waals surface area (Å²) < 4.78 is 21.3. The van der Waals surface area contributed by atoms with Crippen molar-refractivity contribution in [2.75, 3.05) is 37.9 Å². The molecule has 0 bridgehead atoms. The summed E-state index contributed by atoms with van der Waals surface area (Å²) in [6, 6.07) is 12.8. The summed E-state index contributed by atoms with van der Waals surface area (Å²) in [5.41, 5.74) is 0. The molecule has 0 aliphatic rings. The van der Waals surface area contributed by atoms with Crippen LogP contribution in [0.15, 0.2) is 71.5 Å². The van der Waals surface area contributed by atoms with Crippen molar-refractivity contribution in [1.82, 2.24) is 0 Å². The van der Waals surface area contributed by atoms with E-state index in [2.05, 4.69) is 49.6 Å². The van der Waals surface area contributed by atoms with Gasteiger partial charge in [0.2, 0.25) is 0 Å². The largest absolute Gasteiger partial charge is 0.460 e. The second-order valence-corrected chi connectivity index (χ2v) is 9.52. The number of thioether (sulfide) groups is 2. The minimum absolute atomic E-state index is 0.0271.